The second-order valence-electron chi connectivity index (χ2n) is 6.24. The van der Waals surface area contributed by atoms with Gasteiger partial charge in [0, 0.05) is 35.0 Å². The van der Waals surface area contributed by atoms with Crippen LogP contribution in [0, 0.1) is 5.92 Å². The fraction of sp³-hybridized carbons (Fsp3) is 0.333. The van der Waals surface area contributed by atoms with Gasteiger partial charge in [-0.25, -0.2) is 0 Å². The molecule has 1 aromatic heterocycles. The van der Waals surface area contributed by atoms with E-state index in [0.29, 0.717) is 21.5 Å². The first-order valence-corrected chi connectivity index (χ1v) is 8.74. The number of hydrogen-bond acceptors (Lipinski definition) is 3. The van der Waals surface area contributed by atoms with E-state index in [1.165, 1.54) is 6.42 Å². The Hall–Kier alpha value is -1.78. The standard InChI is InChI=1S/C18H19Cl2N3O/c1-12-3-2-4-23(11-12)18(24)13-5-17(10-21-9-13)22-16-7-14(19)6-15(20)8-16/h5-10,12,22H,2-4,11H2,1H3. The highest BCUT2D eigenvalue weighted by Crippen LogP contribution is 2.26. The van der Waals surface area contributed by atoms with Gasteiger partial charge in [-0.05, 0) is 43.0 Å². The number of carbonyl (C=O) groups excluding carboxylic acids is 1. The third kappa shape index (κ3) is 4.19. The second kappa shape index (κ2) is 7.41. The molecule has 1 N–H and O–H groups in total. The first kappa shape index (κ1) is 17.1. The summed E-state index contributed by atoms with van der Waals surface area (Å²) in [6, 6.07) is 7.02. The number of pyridine rings is 1. The van der Waals surface area contributed by atoms with Crippen LogP contribution in [0.1, 0.15) is 30.1 Å². The van der Waals surface area contributed by atoms with E-state index in [-0.39, 0.29) is 5.91 Å². The monoisotopic (exact) mass is 363 g/mol. The van der Waals surface area contributed by atoms with E-state index in [0.717, 1.165) is 30.9 Å². The molecule has 0 radical (unpaired) electrons. The van der Waals surface area contributed by atoms with E-state index >= 15 is 0 Å². The molecule has 2 heterocycles. The minimum Gasteiger partial charge on any atom is -0.354 e. The first-order chi connectivity index (χ1) is 11.5. The second-order valence-corrected chi connectivity index (χ2v) is 7.12. The number of anilines is 2. The van der Waals surface area contributed by atoms with Crippen LogP contribution < -0.4 is 5.32 Å². The van der Waals surface area contributed by atoms with Crippen LogP contribution >= 0.6 is 23.2 Å². The minimum absolute atomic E-state index is 0.0295. The molecule has 0 bridgehead atoms. The zero-order chi connectivity index (χ0) is 17.1. The van der Waals surface area contributed by atoms with Gasteiger partial charge in [-0.3, -0.25) is 9.78 Å². The number of halogens is 2. The van der Waals surface area contributed by atoms with Crippen molar-refractivity contribution in [1.29, 1.82) is 0 Å². The molecule has 4 nitrogen and oxygen atoms in total. The molecule has 1 saturated heterocycles. The molecule has 1 unspecified atom stereocenters. The smallest absolute Gasteiger partial charge is 0.255 e. The van der Waals surface area contributed by atoms with Crippen molar-refractivity contribution in [3.63, 3.8) is 0 Å². The molecule has 0 saturated carbocycles. The van der Waals surface area contributed by atoms with Gasteiger partial charge in [0.2, 0.25) is 0 Å². The number of nitrogens with one attached hydrogen (secondary N) is 1. The molecule has 24 heavy (non-hydrogen) atoms. The number of benzene rings is 1. The summed E-state index contributed by atoms with van der Waals surface area (Å²) in [7, 11) is 0. The Morgan fingerprint density at radius 2 is 1.92 bits per heavy atom. The Morgan fingerprint density at radius 1 is 1.17 bits per heavy atom. The summed E-state index contributed by atoms with van der Waals surface area (Å²) in [5.41, 5.74) is 2.07. The zero-order valence-corrected chi connectivity index (χ0v) is 14.9. The van der Waals surface area contributed by atoms with Crippen molar-refractivity contribution in [1.82, 2.24) is 9.88 Å². The minimum atomic E-state index is 0.0295. The normalized spacial score (nSPS) is 17.6. The molecule has 0 spiro atoms. The molecule has 1 aliphatic heterocycles. The molecule has 1 aliphatic rings. The van der Waals surface area contributed by atoms with E-state index in [2.05, 4.69) is 17.2 Å². The molecule has 1 fully saturated rings. The van der Waals surface area contributed by atoms with Crippen LogP contribution in [0.2, 0.25) is 10.0 Å². The SMILES string of the molecule is CC1CCCN(C(=O)c2cncc(Nc3cc(Cl)cc(Cl)c3)c2)C1. The van der Waals surface area contributed by atoms with Gasteiger partial charge in [0.1, 0.15) is 0 Å². The van der Waals surface area contributed by atoms with E-state index in [1.54, 1.807) is 30.6 Å². The van der Waals surface area contributed by atoms with Gasteiger partial charge >= 0.3 is 0 Å². The molecular formula is C18H19Cl2N3O. The van der Waals surface area contributed by atoms with Crippen molar-refractivity contribution in [2.24, 2.45) is 5.92 Å². The molecular weight excluding hydrogens is 345 g/mol. The quantitative estimate of drug-likeness (QED) is 0.833. The maximum atomic E-state index is 12.7. The lowest BCUT2D eigenvalue weighted by atomic mass is 10.00. The van der Waals surface area contributed by atoms with Crippen molar-refractivity contribution in [2.75, 3.05) is 18.4 Å². The number of hydrogen-bond donors (Lipinski definition) is 1. The molecule has 3 rings (SSSR count). The van der Waals surface area contributed by atoms with Crippen LogP contribution in [-0.2, 0) is 0 Å². The highest BCUT2D eigenvalue weighted by molar-refractivity contribution is 6.35. The lowest BCUT2D eigenvalue weighted by Gasteiger charge is -2.31. The molecule has 1 atom stereocenters. The summed E-state index contributed by atoms with van der Waals surface area (Å²) in [5.74, 6) is 0.576. The van der Waals surface area contributed by atoms with Gasteiger partial charge in [-0.2, -0.15) is 0 Å². The molecule has 2 aromatic rings. The van der Waals surface area contributed by atoms with Crippen molar-refractivity contribution in [3.05, 3.63) is 52.3 Å². The van der Waals surface area contributed by atoms with E-state index in [9.17, 15) is 4.79 Å². The summed E-state index contributed by atoms with van der Waals surface area (Å²) in [6.45, 7) is 3.80. The number of nitrogens with zero attached hydrogens (tertiary/aromatic N) is 2. The van der Waals surface area contributed by atoms with Crippen LogP contribution in [0.25, 0.3) is 0 Å². The highest BCUT2D eigenvalue weighted by atomic mass is 35.5. The molecule has 1 amide bonds. The number of rotatable bonds is 3. The van der Waals surface area contributed by atoms with Crippen LogP contribution in [0.3, 0.4) is 0 Å². The average molecular weight is 364 g/mol. The van der Waals surface area contributed by atoms with E-state index in [1.807, 2.05) is 11.0 Å². The fourth-order valence-corrected chi connectivity index (χ4v) is 3.50. The van der Waals surface area contributed by atoms with Crippen molar-refractivity contribution >= 4 is 40.5 Å². The molecule has 0 aliphatic carbocycles. The first-order valence-electron chi connectivity index (χ1n) is 7.99. The molecule has 1 aromatic carbocycles. The molecule has 6 heteroatoms. The van der Waals surface area contributed by atoms with Crippen LogP contribution in [-0.4, -0.2) is 28.9 Å². The Balaban J connectivity index is 1.77. The summed E-state index contributed by atoms with van der Waals surface area (Å²) in [6.07, 6.45) is 5.51. The van der Waals surface area contributed by atoms with Crippen LogP contribution in [0.4, 0.5) is 11.4 Å². The van der Waals surface area contributed by atoms with Crippen LogP contribution in [0.5, 0.6) is 0 Å². The summed E-state index contributed by atoms with van der Waals surface area (Å²) < 4.78 is 0. The van der Waals surface area contributed by atoms with Gasteiger partial charge in [0.15, 0.2) is 0 Å². The van der Waals surface area contributed by atoms with Gasteiger partial charge in [-0.15, -0.1) is 0 Å². The van der Waals surface area contributed by atoms with Crippen molar-refractivity contribution in [3.8, 4) is 0 Å². The zero-order valence-electron chi connectivity index (χ0n) is 13.4. The lowest BCUT2D eigenvalue weighted by molar-refractivity contribution is 0.0682. The van der Waals surface area contributed by atoms with Gasteiger partial charge in [0.05, 0.1) is 17.4 Å². The Kier molecular flexibility index (Phi) is 5.27. The van der Waals surface area contributed by atoms with Gasteiger partial charge in [0.25, 0.3) is 5.91 Å². The Labute approximate surface area is 151 Å². The lowest BCUT2D eigenvalue weighted by Crippen LogP contribution is -2.39. The third-order valence-electron chi connectivity index (χ3n) is 4.08. The maximum absolute atomic E-state index is 12.7. The largest absolute Gasteiger partial charge is 0.354 e. The predicted molar refractivity (Wildman–Crippen MR) is 98.3 cm³/mol. The fourth-order valence-electron chi connectivity index (χ4n) is 2.97. The summed E-state index contributed by atoms with van der Waals surface area (Å²) in [4.78, 5) is 18.8. The van der Waals surface area contributed by atoms with Crippen molar-refractivity contribution < 1.29 is 4.79 Å². The maximum Gasteiger partial charge on any atom is 0.255 e. The number of piperidine rings is 1. The number of carbonyl (C=O) groups is 1. The highest BCUT2D eigenvalue weighted by Gasteiger charge is 2.22. The number of aromatic nitrogens is 1. The van der Waals surface area contributed by atoms with Gasteiger partial charge in [-0.1, -0.05) is 30.1 Å². The number of likely N-dealkylation sites (tertiary alicyclic amines) is 1. The summed E-state index contributed by atoms with van der Waals surface area (Å²) >= 11 is 12.0. The number of amides is 1. The average Bonchev–Trinajstić information content (AvgIpc) is 2.53. The van der Waals surface area contributed by atoms with Gasteiger partial charge < -0.3 is 10.2 Å². The van der Waals surface area contributed by atoms with Crippen molar-refractivity contribution in [2.45, 2.75) is 19.8 Å². The third-order valence-corrected chi connectivity index (χ3v) is 4.52. The predicted octanol–water partition coefficient (Wildman–Crippen LogP) is 5.00. The Morgan fingerprint density at radius 3 is 2.62 bits per heavy atom. The van der Waals surface area contributed by atoms with Crippen LogP contribution in [0.15, 0.2) is 36.7 Å². The Bertz CT molecular complexity index is 731. The van der Waals surface area contributed by atoms with E-state index in [4.69, 9.17) is 23.2 Å². The topological polar surface area (TPSA) is 45.2 Å². The molecule has 126 valence electrons. The van der Waals surface area contributed by atoms with E-state index < -0.39 is 0 Å². The summed E-state index contributed by atoms with van der Waals surface area (Å²) in [5, 5.41) is 4.29.